The smallest absolute Gasteiger partial charge is 0.338 e. The maximum absolute atomic E-state index is 12.6. The summed E-state index contributed by atoms with van der Waals surface area (Å²) in [7, 11) is 3.01. The van der Waals surface area contributed by atoms with Crippen molar-refractivity contribution in [1.82, 2.24) is 0 Å². The molecule has 2 aromatic rings. The van der Waals surface area contributed by atoms with Crippen molar-refractivity contribution in [3.05, 3.63) is 60.2 Å². The van der Waals surface area contributed by atoms with Gasteiger partial charge in [-0.1, -0.05) is 42.5 Å². The summed E-state index contributed by atoms with van der Waals surface area (Å²) in [5.74, 6) is -0.485. The standard InChI is InChI=1S/C23H26O5/c1-26-15-20-19(14-22(24)27-2)12-13-21(20)28-23(25)18-10-8-17(9-11-18)16-6-4-3-5-7-16/h3-11,19-21H,12-15H2,1-2H3/t19-,20-,21-/m1/s1. The number of esters is 2. The Hall–Kier alpha value is -2.66. The van der Waals surface area contributed by atoms with Crippen LogP contribution in [0.2, 0.25) is 0 Å². The van der Waals surface area contributed by atoms with E-state index in [2.05, 4.69) is 0 Å². The molecule has 1 aliphatic rings. The molecule has 0 radical (unpaired) electrons. The predicted molar refractivity (Wildman–Crippen MR) is 106 cm³/mol. The van der Waals surface area contributed by atoms with Crippen LogP contribution in [0.5, 0.6) is 0 Å². The first-order chi connectivity index (χ1) is 13.6. The van der Waals surface area contributed by atoms with Crippen LogP contribution in [0.3, 0.4) is 0 Å². The third-order valence-electron chi connectivity index (χ3n) is 5.41. The fourth-order valence-electron chi connectivity index (χ4n) is 3.88. The third-order valence-corrected chi connectivity index (χ3v) is 5.41. The molecule has 148 valence electrons. The van der Waals surface area contributed by atoms with Gasteiger partial charge in [0.1, 0.15) is 6.10 Å². The molecule has 1 saturated carbocycles. The van der Waals surface area contributed by atoms with E-state index in [1.165, 1.54) is 7.11 Å². The molecular formula is C23H26O5. The van der Waals surface area contributed by atoms with Crippen LogP contribution in [0.25, 0.3) is 11.1 Å². The minimum absolute atomic E-state index is 0.00311. The van der Waals surface area contributed by atoms with Crippen molar-refractivity contribution in [1.29, 1.82) is 0 Å². The molecule has 0 heterocycles. The van der Waals surface area contributed by atoms with Gasteiger partial charge < -0.3 is 14.2 Å². The minimum atomic E-state index is -0.343. The lowest BCUT2D eigenvalue weighted by Gasteiger charge is -2.23. The van der Waals surface area contributed by atoms with Crippen LogP contribution in [0, 0.1) is 11.8 Å². The number of ether oxygens (including phenoxy) is 3. The zero-order valence-corrected chi connectivity index (χ0v) is 16.3. The highest BCUT2D eigenvalue weighted by Crippen LogP contribution is 2.37. The van der Waals surface area contributed by atoms with E-state index in [4.69, 9.17) is 14.2 Å². The van der Waals surface area contributed by atoms with Gasteiger partial charge in [0.15, 0.2) is 0 Å². The molecule has 0 aliphatic heterocycles. The third kappa shape index (κ3) is 4.78. The topological polar surface area (TPSA) is 61.8 Å². The molecule has 0 spiro atoms. The summed E-state index contributed by atoms with van der Waals surface area (Å²) in [4.78, 5) is 24.3. The Labute approximate surface area is 165 Å². The molecule has 3 atom stereocenters. The van der Waals surface area contributed by atoms with E-state index in [9.17, 15) is 9.59 Å². The number of benzene rings is 2. The van der Waals surface area contributed by atoms with E-state index in [1.54, 1.807) is 19.2 Å². The molecule has 1 fully saturated rings. The second-order valence-corrected chi connectivity index (χ2v) is 7.12. The number of methoxy groups -OCH3 is 2. The van der Waals surface area contributed by atoms with E-state index in [0.29, 0.717) is 18.6 Å². The molecule has 2 aromatic carbocycles. The number of hydrogen-bond acceptors (Lipinski definition) is 5. The largest absolute Gasteiger partial charge is 0.469 e. The second kappa shape index (κ2) is 9.51. The van der Waals surface area contributed by atoms with Crippen LogP contribution < -0.4 is 0 Å². The van der Waals surface area contributed by atoms with Crippen molar-refractivity contribution in [3.63, 3.8) is 0 Å². The number of rotatable bonds is 7. The second-order valence-electron chi connectivity index (χ2n) is 7.12. The van der Waals surface area contributed by atoms with Crippen molar-refractivity contribution < 1.29 is 23.8 Å². The van der Waals surface area contributed by atoms with Gasteiger partial charge >= 0.3 is 11.9 Å². The van der Waals surface area contributed by atoms with Crippen molar-refractivity contribution in [2.24, 2.45) is 11.8 Å². The van der Waals surface area contributed by atoms with Crippen molar-refractivity contribution >= 4 is 11.9 Å². The van der Waals surface area contributed by atoms with Gasteiger partial charge in [0.2, 0.25) is 0 Å². The van der Waals surface area contributed by atoms with E-state index in [-0.39, 0.29) is 29.9 Å². The van der Waals surface area contributed by atoms with Gasteiger partial charge in [-0.3, -0.25) is 4.79 Å². The molecule has 3 rings (SSSR count). The van der Waals surface area contributed by atoms with Crippen molar-refractivity contribution in [2.75, 3.05) is 20.8 Å². The molecule has 0 N–H and O–H groups in total. The highest BCUT2D eigenvalue weighted by molar-refractivity contribution is 5.90. The fraction of sp³-hybridized carbons (Fsp3) is 0.391. The maximum atomic E-state index is 12.6. The lowest BCUT2D eigenvalue weighted by molar-refractivity contribution is -0.142. The molecule has 0 amide bonds. The molecule has 5 heteroatoms. The zero-order chi connectivity index (χ0) is 19.9. The van der Waals surface area contributed by atoms with Gasteiger partial charge in [-0.2, -0.15) is 0 Å². The van der Waals surface area contributed by atoms with Crippen LogP contribution in [-0.4, -0.2) is 38.9 Å². The SMILES string of the molecule is COC[C@@H]1[C@@H](CC(=O)OC)CC[C@H]1OC(=O)c1ccc(-c2ccccc2)cc1. The Morgan fingerprint density at radius 3 is 2.25 bits per heavy atom. The van der Waals surface area contributed by atoms with Crippen LogP contribution in [0.4, 0.5) is 0 Å². The highest BCUT2D eigenvalue weighted by Gasteiger charge is 2.39. The average Bonchev–Trinajstić information content (AvgIpc) is 3.10. The summed E-state index contributed by atoms with van der Waals surface area (Å²) in [6.07, 6.45) is 1.61. The summed E-state index contributed by atoms with van der Waals surface area (Å²) in [6, 6.07) is 17.4. The van der Waals surface area contributed by atoms with Crippen molar-refractivity contribution in [3.8, 4) is 11.1 Å². The van der Waals surface area contributed by atoms with Gasteiger partial charge in [-0.25, -0.2) is 4.79 Å². The highest BCUT2D eigenvalue weighted by atomic mass is 16.5. The Balaban J connectivity index is 1.65. The lowest BCUT2D eigenvalue weighted by Crippen LogP contribution is -2.30. The minimum Gasteiger partial charge on any atom is -0.469 e. The maximum Gasteiger partial charge on any atom is 0.338 e. The Kier molecular flexibility index (Phi) is 6.82. The molecule has 0 bridgehead atoms. The average molecular weight is 382 g/mol. The summed E-state index contributed by atoms with van der Waals surface area (Å²) in [5.41, 5.74) is 2.67. The summed E-state index contributed by atoms with van der Waals surface area (Å²) in [5, 5.41) is 0. The molecule has 0 aromatic heterocycles. The number of hydrogen-bond donors (Lipinski definition) is 0. The van der Waals surface area contributed by atoms with E-state index < -0.39 is 0 Å². The lowest BCUT2D eigenvalue weighted by atomic mass is 9.92. The molecule has 0 saturated heterocycles. The van der Waals surface area contributed by atoms with Crippen LogP contribution in [-0.2, 0) is 19.0 Å². The van der Waals surface area contributed by atoms with Crippen LogP contribution >= 0.6 is 0 Å². The fourth-order valence-corrected chi connectivity index (χ4v) is 3.88. The number of carbonyl (C=O) groups is 2. The van der Waals surface area contributed by atoms with Crippen LogP contribution in [0.1, 0.15) is 29.6 Å². The summed E-state index contributed by atoms with van der Waals surface area (Å²) < 4.78 is 15.9. The van der Waals surface area contributed by atoms with Gasteiger partial charge in [0, 0.05) is 19.4 Å². The predicted octanol–water partition coefficient (Wildman–Crippen LogP) is 4.11. The van der Waals surface area contributed by atoms with Crippen molar-refractivity contribution in [2.45, 2.75) is 25.4 Å². The summed E-state index contributed by atoms with van der Waals surface area (Å²) >= 11 is 0. The summed E-state index contributed by atoms with van der Waals surface area (Å²) in [6.45, 7) is 0.451. The van der Waals surface area contributed by atoms with E-state index >= 15 is 0 Å². The van der Waals surface area contributed by atoms with Gasteiger partial charge in [0.05, 0.1) is 19.3 Å². The first-order valence-corrected chi connectivity index (χ1v) is 9.54. The van der Waals surface area contributed by atoms with Gasteiger partial charge in [0.25, 0.3) is 0 Å². The first kappa shape index (κ1) is 20.1. The van der Waals surface area contributed by atoms with E-state index in [1.807, 2.05) is 42.5 Å². The molecule has 1 aliphatic carbocycles. The molecule has 0 unspecified atom stereocenters. The Morgan fingerprint density at radius 1 is 0.929 bits per heavy atom. The monoisotopic (exact) mass is 382 g/mol. The molecule has 5 nitrogen and oxygen atoms in total. The van der Waals surface area contributed by atoms with E-state index in [0.717, 1.165) is 24.0 Å². The Morgan fingerprint density at radius 2 is 1.61 bits per heavy atom. The number of carbonyl (C=O) groups excluding carboxylic acids is 2. The Bertz CT molecular complexity index is 784. The zero-order valence-electron chi connectivity index (χ0n) is 16.3. The quantitative estimate of drug-likeness (QED) is 0.674. The normalized spacial score (nSPS) is 21.3. The molecular weight excluding hydrogens is 356 g/mol. The van der Waals surface area contributed by atoms with Gasteiger partial charge in [-0.15, -0.1) is 0 Å². The van der Waals surface area contributed by atoms with Crippen LogP contribution in [0.15, 0.2) is 54.6 Å². The molecule has 28 heavy (non-hydrogen) atoms. The van der Waals surface area contributed by atoms with Gasteiger partial charge in [-0.05, 0) is 42.0 Å². The first-order valence-electron chi connectivity index (χ1n) is 9.54.